The van der Waals surface area contributed by atoms with Gasteiger partial charge in [0.25, 0.3) is 0 Å². The van der Waals surface area contributed by atoms with E-state index in [1.807, 2.05) is 18.4 Å². The van der Waals surface area contributed by atoms with E-state index in [-0.39, 0.29) is 0 Å². The lowest BCUT2D eigenvalue weighted by molar-refractivity contribution is 1.06. The van der Waals surface area contributed by atoms with Gasteiger partial charge in [0.1, 0.15) is 0 Å². The highest BCUT2D eigenvalue weighted by atomic mass is 32.2. The van der Waals surface area contributed by atoms with Gasteiger partial charge >= 0.3 is 0 Å². The van der Waals surface area contributed by atoms with E-state index in [1.165, 1.54) is 0 Å². The number of rotatable bonds is 1. The first-order valence-electron chi connectivity index (χ1n) is 2.95. The molecule has 1 rings (SSSR count). The summed E-state index contributed by atoms with van der Waals surface area (Å²) in [7, 11) is 0. The van der Waals surface area contributed by atoms with E-state index in [1.54, 1.807) is 11.8 Å². The van der Waals surface area contributed by atoms with E-state index in [4.69, 9.17) is 5.73 Å². The second-order valence-electron chi connectivity index (χ2n) is 2.13. The molecule has 0 spiro atoms. The molecule has 0 fully saturated rings. The fraction of sp³-hybridized carbons (Fsp3) is 0.143. The summed E-state index contributed by atoms with van der Waals surface area (Å²) in [4.78, 5) is 0. The molecular formula is C7H10N2S. The van der Waals surface area contributed by atoms with Crippen molar-refractivity contribution in [1.29, 1.82) is 0 Å². The van der Waals surface area contributed by atoms with Crippen molar-refractivity contribution in [3.63, 3.8) is 0 Å². The minimum absolute atomic E-state index is 0.582. The molecule has 0 amide bonds. The summed E-state index contributed by atoms with van der Waals surface area (Å²) in [5.41, 5.74) is 7.10. The SMILES string of the molecule is C=C(N)/C=C1/NC(C)=CS1. The summed E-state index contributed by atoms with van der Waals surface area (Å²) in [6.07, 6.45) is 1.82. The maximum atomic E-state index is 5.37. The van der Waals surface area contributed by atoms with Crippen molar-refractivity contribution in [2.24, 2.45) is 5.73 Å². The maximum absolute atomic E-state index is 5.37. The number of hydrogen-bond donors (Lipinski definition) is 2. The van der Waals surface area contributed by atoms with E-state index >= 15 is 0 Å². The zero-order valence-electron chi connectivity index (χ0n) is 5.85. The van der Waals surface area contributed by atoms with Crippen LogP contribution in [0.2, 0.25) is 0 Å². The quantitative estimate of drug-likeness (QED) is 0.601. The lowest BCUT2D eigenvalue weighted by Gasteiger charge is -1.97. The molecule has 3 heteroatoms. The Morgan fingerprint density at radius 2 is 2.60 bits per heavy atom. The highest BCUT2D eigenvalue weighted by Crippen LogP contribution is 2.23. The third kappa shape index (κ3) is 1.84. The zero-order chi connectivity index (χ0) is 7.56. The van der Waals surface area contributed by atoms with E-state index in [2.05, 4.69) is 11.9 Å². The lowest BCUT2D eigenvalue weighted by atomic mass is 10.5. The Kier molecular flexibility index (Phi) is 2.06. The predicted octanol–water partition coefficient (Wildman–Crippen LogP) is 1.50. The van der Waals surface area contributed by atoms with Gasteiger partial charge in [-0.25, -0.2) is 0 Å². The largest absolute Gasteiger partial charge is 0.399 e. The van der Waals surface area contributed by atoms with Gasteiger partial charge in [-0.05, 0) is 18.4 Å². The molecule has 0 radical (unpaired) electrons. The van der Waals surface area contributed by atoms with Gasteiger partial charge in [0.05, 0.1) is 5.03 Å². The molecule has 0 aliphatic carbocycles. The van der Waals surface area contributed by atoms with Crippen LogP contribution in [0.5, 0.6) is 0 Å². The first-order valence-corrected chi connectivity index (χ1v) is 3.83. The van der Waals surface area contributed by atoms with Crippen LogP contribution in [0, 0.1) is 0 Å². The topological polar surface area (TPSA) is 38.0 Å². The van der Waals surface area contributed by atoms with Gasteiger partial charge in [0.15, 0.2) is 0 Å². The molecule has 0 aromatic carbocycles. The second kappa shape index (κ2) is 2.84. The highest BCUT2D eigenvalue weighted by Gasteiger charge is 2.03. The number of allylic oxidation sites excluding steroid dienone is 2. The van der Waals surface area contributed by atoms with Crippen LogP contribution in [-0.4, -0.2) is 0 Å². The van der Waals surface area contributed by atoms with Crippen molar-refractivity contribution in [2.45, 2.75) is 6.92 Å². The Balaban J connectivity index is 2.57. The minimum atomic E-state index is 0.582. The molecule has 10 heavy (non-hydrogen) atoms. The van der Waals surface area contributed by atoms with E-state index in [0.717, 1.165) is 10.7 Å². The molecular weight excluding hydrogens is 144 g/mol. The van der Waals surface area contributed by atoms with Crippen LogP contribution in [0.3, 0.4) is 0 Å². The van der Waals surface area contributed by atoms with Crippen LogP contribution in [-0.2, 0) is 0 Å². The standard InChI is InChI=1S/C7H10N2S/c1-5(8)3-7-9-6(2)4-10-7/h3-4,9H,1,8H2,2H3/b7-3-. The summed E-state index contributed by atoms with van der Waals surface area (Å²) in [6, 6.07) is 0. The van der Waals surface area contributed by atoms with Gasteiger partial charge in [0, 0.05) is 11.4 Å². The maximum Gasteiger partial charge on any atom is 0.0786 e. The van der Waals surface area contributed by atoms with Gasteiger partial charge in [-0.3, -0.25) is 0 Å². The number of hydrogen-bond acceptors (Lipinski definition) is 3. The molecule has 0 aromatic heterocycles. The fourth-order valence-corrected chi connectivity index (χ4v) is 1.45. The van der Waals surface area contributed by atoms with Gasteiger partial charge in [-0.2, -0.15) is 0 Å². The normalized spacial score (nSPS) is 20.5. The van der Waals surface area contributed by atoms with Crippen LogP contribution < -0.4 is 11.1 Å². The van der Waals surface area contributed by atoms with E-state index in [0.29, 0.717) is 5.70 Å². The van der Waals surface area contributed by atoms with Crippen molar-refractivity contribution in [3.8, 4) is 0 Å². The Bertz CT molecular complexity index is 216. The molecule has 1 aliphatic rings. The van der Waals surface area contributed by atoms with Crippen LogP contribution in [0.25, 0.3) is 0 Å². The number of thioether (sulfide) groups is 1. The van der Waals surface area contributed by atoms with Crippen LogP contribution >= 0.6 is 11.8 Å². The Hall–Kier alpha value is -0.830. The molecule has 1 heterocycles. The first kappa shape index (κ1) is 7.28. The van der Waals surface area contributed by atoms with Crippen LogP contribution in [0.15, 0.2) is 34.5 Å². The van der Waals surface area contributed by atoms with Crippen molar-refractivity contribution >= 4 is 11.8 Å². The molecule has 0 saturated heterocycles. The third-order valence-corrected chi connectivity index (χ3v) is 1.94. The summed E-state index contributed by atoms with van der Waals surface area (Å²) in [5.74, 6) is 0. The average Bonchev–Trinajstić information content (AvgIpc) is 2.13. The summed E-state index contributed by atoms with van der Waals surface area (Å²) in [5, 5.41) is 6.21. The fourth-order valence-electron chi connectivity index (χ4n) is 0.644. The molecule has 2 nitrogen and oxygen atoms in total. The van der Waals surface area contributed by atoms with E-state index in [9.17, 15) is 0 Å². The molecule has 0 saturated carbocycles. The number of nitrogens with one attached hydrogen (secondary N) is 1. The predicted molar refractivity (Wildman–Crippen MR) is 45.9 cm³/mol. The molecule has 3 N–H and O–H groups in total. The van der Waals surface area contributed by atoms with Crippen molar-refractivity contribution < 1.29 is 0 Å². The highest BCUT2D eigenvalue weighted by molar-refractivity contribution is 8.06. The van der Waals surface area contributed by atoms with Crippen molar-refractivity contribution in [1.82, 2.24) is 5.32 Å². The van der Waals surface area contributed by atoms with Crippen molar-refractivity contribution in [3.05, 3.63) is 34.5 Å². The monoisotopic (exact) mass is 154 g/mol. The Labute approximate surface area is 64.9 Å². The Morgan fingerprint density at radius 3 is 3.00 bits per heavy atom. The Morgan fingerprint density at radius 1 is 1.90 bits per heavy atom. The zero-order valence-corrected chi connectivity index (χ0v) is 6.66. The van der Waals surface area contributed by atoms with Crippen LogP contribution in [0.4, 0.5) is 0 Å². The second-order valence-corrected chi connectivity index (χ2v) is 3.04. The smallest absolute Gasteiger partial charge is 0.0786 e. The molecule has 54 valence electrons. The molecule has 1 aliphatic heterocycles. The van der Waals surface area contributed by atoms with Gasteiger partial charge in [-0.15, -0.1) is 0 Å². The van der Waals surface area contributed by atoms with Crippen molar-refractivity contribution in [2.75, 3.05) is 0 Å². The summed E-state index contributed by atoms with van der Waals surface area (Å²) < 4.78 is 0. The third-order valence-electron chi connectivity index (χ3n) is 1.000. The number of nitrogens with two attached hydrogens (primary N) is 1. The first-order chi connectivity index (χ1) is 4.68. The summed E-state index contributed by atoms with van der Waals surface area (Å²) in [6.45, 7) is 5.58. The van der Waals surface area contributed by atoms with E-state index < -0.39 is 0 Å². The van der Waals surface area contributed by atoms with Gasteiger partial charge < -0.3 is 11.1 Å². The van der Waals surface area contributed by atoms with Crippen LogP contribution in [0.1, 0.15) is 6.92 Å². The lowest BCUT2D eigenvalue weighted by Crippen LogP contribution is -2.03. The van der Waals surface area contributed by atoms with Gasteiger partial charge in [0.2, 0.25) is 0 Å². The minimum Gasteiger partial charge on any atom is -0.399 e. The average molecular weight is 154 g/mol. The van der Waals surface area contributed by atoms with Gasteiger partial charge in [-0.1, -0.05) is 18.3 Å². The molecule has 0 aromatic rings. The molecule has 0 unspecified atom stereocenters. The molecule has 0 bridgehead atoms. The molecule has 0 atom stereocenters. The summed E-state index contributed by atoms with van der Waals surface area (Å²) >= 11 is 1.63.